The molecule has 1 aliphatic rings. The third-order valence-electron chi connectivity index (χ3n) is 4.65. The lowest BCUT2D eigenvalue weighted by molar-refractivity contribution is -0.142. The Kier molecular flexibility index (Phi) is 4.36. The van der Waals surface area contributed by atoms with Gasteiger partial charge in [-0.2, -0.15) is 18.3 Å². The molecule has 0 spiro atoms. The van der Waals surface area contributed by atoms with E-state index in [1.165, 1.54) is 4.68 Å². The van der Waals surface area contributed by atoms with Crippen molar-refractivity contribution in [3.05, 3.63) is 83.2 Å². The van der Waals surface area contributed by atoms with Crippen molar-refractivity contribution in [2.24, 2.45) is 5.73 Å². The molecule has 6 heteroatoms. The summed E-state index contributed by atoms with van der Waals surface area (Å²) in [4.78, 5) is 0. The molecule has 1 aromatic heterocycles. The molecule has 1 heterocycles. The van der Waals surface area contributed by atoms with E-state index < -0.39 is 11.9 Å². The van der Waals surface area contributed by atoms with E-state index in [1.807, 2.05) is 42.5 Å². The highest BCUT2D eigenvalue weighted by Gasteiger charge is 2.41. The highest BCUT2D eigenvalue weighted by molar-refractivity contribution is 5.84. The van der Waals surface area contributed by atoms with Crippen molar-refractivity contribution in [1.82, 2.24) is 9.78 Å². The standard InChI is InChI=1S/C21H18F3N3/c22-21(23,24)20-18-13-16(25)12-15(11-14-7-3-1-4-8-14)19(18)27(26-20)17-9-5-2-6-10-17/h1-11,16H,12-13,25H2. The normalized spacial score (nSPS) is 18.5. The van der Waals surface area contributed by atoms with Gasteiger partial charge >= 0.3 is 6.18 Å². The van der Waals surface area contributed by atoms with Crippen LogP contribution in [0.5, 0.6) is 0 Å². The summed E-state index contributed by atoms with van der Waals surface area (Å²) in [5.74, 6) is 0. The minimum Gasteiger partial charge on any atom is -0.327 e. The molecular formula is C21H18F3N3. The average molecular weight is 369 g/mol. The summed E-state index contributed by atoms with van der Waals surface area (Å²) in [6.07, 6.45) is -1.97. The maximum absolute atomic E-state index is 13.6. The number of nitrogens with two attached hydrogens (primary N) is 1. The number of alkyl halides is 3. The quantitative estimate of drug-likeness (QED) is 0.711. The largest absolute Gasteiger partial charge is 0.435 e. The molecule has 2 aromatic carbocycles. The molecule has 0 fully saturated rings. The second-order valence-electron chi connectivity index (χ2n) is 6.67. The van der Waals surface area contributed by atoms with Gasteiger partial charge in [0.05, 0.1) is 11.4 Å². The van der Waals surface area contributed by atoms with Crippen molar-refractivity contribution in [2.75, 3.05) is 0 Å². The molecule has 0 amide bonds. The first-order valence-electron chi connectivity index (χ1n) is 8.69. The Hall–Kier alpha value is -2.86. The lowest BCUT2D eigenvalue weighted by Crippen LogP contribution is -2.28. The number of fused-ring (bicyclic) bond motifs is 1. The van der Waals surface area contributed by atoms with E-state index in [0.29, 0.717) is 17.8 Å². The minimum absolute atomic E-state index is 0.156. The molecule has 1 unspecified atom stereocenters. The van der Waals surface area contributed by atoms with Crippen molar-refractivity contribution in [1.29, 1.82) is 0 Å². The van der Waals surface area contributed by atoms with Gasteiger partial charge in [0.1, 0.15) is 0 Å². The zero-order valence-electron chi connectivity index (χ0n) is 14.4. The fourth-order valence-electron chi connectivity index (χ4n) is 3.55. The van der Waals surface area contributed by atoms with E-state index in [2.05, 4.69) is 5.10 Å². The number of rotatable bonds is 2. The molecule has 4 rings (SSSR count). The Morgan fingerprint density at radius 3 is 2.22 bits per heavy atom. The summed E-state index contributed by atoms with van der Waals surface area (Å²) in [7, 11) is 0. The van der Waals surface area contributed by atoms with Gasteiger partial charge in [0, 0.05) is 11.6 Å². The Morgan fingerprint density at radius 1 is 0.963 bits per heavy atom. The van der Waals surface area contributed by atoms with Crippen molar-refractivity contribution in [3.63, 3.8) is 0 Å². The molecule has 3 nitrogen and oxygen atoms in total. The predicted octanol–water partition coefficient (Wildman–Crippen LogP) is 4.71. The van der Waals surface area contributed by atoms with Gasteiger partial charge in [0.15, 0.2) is 5.69 Å². The number of hydrogen-bond donors (Lipinski definition) is 1. The summed E-state index contributed by atoms with van der Waals surface area (Å²) in [6.45, 7) is 0. The molecule has 1 atom stereocenters. The third-order valence-corrected chi connectivity index (χ3v) is 4.65. The monoisotopic (exact) mass is 369 g/mol. The van der Waals surface area contributed by atoms with Crippen molar-refractivity contribution >= 4 is 11.6 Å². The predicted molar refractivity (Wildman–Crippen MR) is 99.2 cm³/mol. The van der Waals surface area contributed by atoms with Gasteiger partial charge in [-0.1, -0.05) is 48.5 Å². The van der Waals surface area contributed by atoms with Crippen LogP contribution in [0.4, 0.5) is 13.2 Å². The first kappa shape index (κ1) is 17.5. The Bertz CT molecular complexity index is 973. The molecule has 0 radical (unpaired) electrons. The van der Waals surface area contributed by atoms with Gasteiger partial charge in [-0.3, -0.25) is 0 Å². The fraction of sp³-hybridized carbons (Fsp3) is 0.190. The molecule has 0 bridgehead atoms. The first-order valence-corrected chi connectivity index (χ1v) is 8.69. The van der Waals surface area contributed by atoms with Crippen LogP contribution in [0.1, 0.15) is 28.9 Å². The second kappa shape index (κ2) is 6.70. The zero-order valence-corrected chi connectivity index (χ0v) is 14.4. The minimum atomic E-state index is -4.53. The van der Waals surface area contributed by atoms with E-state index >= 15 is 0 Å². The molecule has 3 aromatic rings. The maximum Gasteiger partial charge on any atom is 0.435 e. The van der Waals surface area contributed by atoms with E-state index in [0.717, 1.165) is 11.1 Å². The number of halogens is 3. The van der Waals surface area contributed by atoms with Crippen LogP contribution in [-0.4, -0.2) is 15.8 Å². The Morgan fingerprint density at radius 2 is 1.59 bits per heavy atom. The first-order chi connectivity index (χ1) is 12.9. The third kappa shape index (κ3) is 3.40. The van der Waals surface area contributed by atoms with Crippen molar-refractivity contribution < 1.29 is 13.2 Å². The topological polar surface area (TPSA) is 43.8 Å². The highest BCUT2D eigenvalue weighted by Crippen LogP contribution is 2.41. The van der Waals surface area contributed by atoms with Gasteiger partial charge in [-0.05, 0) is 42.2 Å². The molecule has 2 N–H and O–H groups in total. The summed E-state index contributed by atoms with van der Waals surface area (Å²) in [6, 6.07) is 18.0. The van der Waals surface area contributed by atoms with Crippen LogP contribution in [0, 0.1) is 0 Å². The second-order valence-corrected chi connectivity index (χ2v) is 6.67. The van der Waals surface area contributed by atoms with Crippen LogP contribution < -0.4 is 5.73 Å². The van der Waals surface area contributed by atoms with Crippen LogP contribution in [-0.2, 0) is 12.6 Å². The fourth-order valence-corrected chi connectivity index (χ4v) is 3.55. The number of aromatic nitrogens is 2. The van der Waals surface area contributed by atoms with Crippen molar-refractivity contribution in [3.8, 4) is 5.69 Å². The van der Waals surface area contributed by atoms with E-state index in [-0.39, 0.29) is 18.0 Å². The van der Waals surface area contributed by atoms with Gasteiger partial charge in [-0.15, -0.1) is 0 Å². The van der Waals surface area contributed by atoms with Crippen LogP contribution >= 0.6 is 0 Å². The van der Waals surface area contributed by atoms with E-state index in [1.54, 1.807) is 24.3 Å². The molecule has 0 saturated carbocycles. The van der Waals surface area contributed by atoms with Gasteiger partial charge in [0.25, 0.3) is 0 Å². The van der Waals surface area contributed by atoms with Crippen LogP contribution in [0.15, 0.2) is 60.7 Å². The van der Waals surface area contributed by atoms with Gasteiger partial charge < -0.3 is 5.73 Å². The molecule has 1 aliphatic carbocycles. The summed E-state index contributed by atoms with van der Waals surface area (Å²) in [5.41, 5.74) is 8.21. The molecule has 0 aliphatic heterocycles. The number of para-hydroxylation sites is 1. The lowest BCUT2D eigenvalue weighted by Gasteiger charge is -2.23. The van der Waals surface area contributed by atoms with E-state index in [4.69, 9.17) is 5.73 Å². The number of nitrogens with zero attached hydrogens (tertiary/aromatic N) is 2. The molecule has 0 saturated heterocycles. The van der Waals surface area contributed by atoms with Crippen LogP contribution in [0.25, 0.3) is 17.3 Å². The lowest BCUT2D eigenvalue weighted by atomic mass is 9.86. The van der Waals surface area contributed by atoms with Crippen LogP contribution in [0.2, 0.25) is 0 Å². The van der Waals surface area contributed by atoms with Crippen molar-refractivity contribution in [2.45, 2.75) is 25.1 Å². The molecular weight excluding hydrogens is 351 g/mol. The smallest absolute Gasteiger partial charge is 0.327 e. The number of benzene rings is 2. The zero-order chi connectivity index (χ0) is 19.0. The number of hydrogen-bond acceptors (Lipinski definition) is 2. The molecule has 27 heavy (non-hydrogen) atoms. The van der Waals surface area contributed by atoms with Gasteiger partial charge in [-0.25, -0.2) is 4.68 Å². The van der Waals surface area contributed by atoms with E-state index in [9.17, 15) is 13.2 Å². The summed E-state index contributed by atoms with van der Waals surface area (Å²) >= 11 is 0. The highest BCUT2D eigenvalue weighted by atomic mass is 19.4. The maximum atomic E-state index is 13.6. The Labute approximate surface area is 154 Å². The average Bonchev–Trinajstić information content (AvgIpc) is 3.03. The SMILES string of the molecule is NC1CC(=Cc2ccccc2)c2c(c(C(F)(F)F)nn2-c2ccccc2)C1. The molecule has 138 valence electrons. The summed E-state index contributed by atoms with van der Waals surface area (Å²) in [5, 5.41) is 3.95. The van der Waals surface area contributed by atoms with Crippen LogP contribution in [0.3, 0.4) is 0 Å². The Balaban J connectivity index is 1.97. The summed E-state index contributed by atoms with van der Waals surface area (Å²) < 4.78 is 42.4. The van der Waals surface area contributed by atoms with Gasteiger partial charge in [0.2, 0.25) is 0 Å².